The summed E-state index contributed by atoms with van der Waals surface area (Å²) >= 11 is 8.43. The van der Waals surface area contributed by atoms with Gasteiger partial charge in [0.25, 0.3) is 5.69 Å². The van der Waals surface area contributed by atoms with Gasteiger partial charge in [0.05, 0.1) is 32.5 Å². The first-order valence-corrected chi connectivity index (χ1v) is 12.1. The molecule has 0 unspecified atom stereocenters. The second kappa shape index (κ2) is 8.92. The van der Waals surface area contributed by atoms with Crippen LogP contribution >= 0.6 is 23.4 Å². The zero-order valence-electron chi connectivity index (χ0n) is 17.7. The fourth-order valence-corrected chi connectivity index (χ4v) is 7.14. The number of fused-ring (bicyclic) bond motifs is 3. The SMILES string of the molecule is O=C(O)c1cccc2c1N[C@@H](c1ccc(F)cc1)[C@@H]1C[C@H](Sc3ccccc3[N+](=O)[O-])[C@@H](Cl)[C@@H]21. The monoisotopic (exact) mass is 498 g/mol. The number of halogens is 2. The minimum Gasteiger partial charge on any atom is -0.478 e. The number of hydrogen-bond acceptors (Lipinski definition) is 5. The first kappa shape index (κ1) is 22.7. The number of carbonyl (C=O) groups is 1. The van der Waals surface area contributed by atoms with Crippen molar-refractivity contribution >= 4 is 40.7 Å². The molecule has 6 nitrogen and oxygen atoms in total. The van der Waals surface area contributed by atoms with Crippen molar-refractivity contribution in [3.63, 3.8) is 0 Å². The number of thioether (sulfide) groups is 1. The van der Waals surface area contributed by atoms with Crippen molar-refractivity contribution in [2.45, 2.75) is 33.9 Å². The van der Waals surface area contributed by atoms with E-state index in [-0.39, 0.29) is 45.6 Å². The van der Waals surface area contributed by atoms with Gasteiger partial charge >= 0.3 is 5.97 Å². The van der Waals surface area contributed by atoms with Crippen molar-refractivity contribution < 1.29 is 19.2 Å². The van der Waals surface area contributed by atoms with Crippen molar-refractivity contribution in [2.24, 2.45) is 5.92 Å². The number of nitrogens with one attached hydrogen (secondary N) is 1. The first-order chi connectivity index (χ1) is 16.3. The van der Waals surface area contributed by atoms with Crippen molar-refractivity contribution in [1.82, 2.24) is 0 Å². The second-order valence-corrected chi connectivity index (χ2v) is 10.3. The summed E-state index contributed by atoms with van der Waals surface area (Å²) in [6, 6.07) is 17.6. The molecular formula is C25H20ClFN2O4S. The fraction of sp³-hybridized carbons (Fsp3) is 0.240. The van der Waals surface area contributed by atoms with E-state index in [1.54, 1.807) is 42.5 Å². The molecule has 9 heteroatoms. The van der Waals surface area contributed by atoms with Gasteiger partial charge in [-0.15, -0.1) is 23.4 Å². The van der Waals surface area contributed by atoms with E-state index in [1.807, 2.05) is 6.07 Å². The third kappa shape index (κ3) is 3.91. The topological polar surface area (TPSA) is 92.5 Å². The van der Waals surface area contributed by atoms with E-state index < -0.39 is 10.9 Å². The molecule has 2 N–H and O–H groups in total. The highest BCUT2D eigenvalue weighted by Crippen LogP contribution is 2.58. The Kier molecular flexibility index (Phi) is 5.95. The van der Waals surface area contributed by atoms with E-state index in [9.17, 15) is 24.4 Å². The van der Waals surface area contributed by atoms with Gasteiger partial charge in [0, 0.05) is 17.2 Å². The Bertz CT molecular complexity index is 1270. The third-order valence-electron chi connectivity index (χ3n) is 6.65. The lowest BCUT2D eigenvalue weighted by Gasteiger charge is -2.39. The van der Waals surface area contributed by atoms with E-state index in [1.165, 1.54) is 30.0 Å². The highest BCUT2D eigenvalue weighted by atomic mass is 35.5. The number of anilines is 1. The molecule has 0 amide bonds. The largest absolute Gasteiger partial charge is 0.478 e. The molecule has 1 aliphatic carbocycles. The third-order valence-corrected chi connectivity index (χ3v) is 8.76. The van der Waals surface area contributed by atoms with Gasteiger partial charge < -0.3 is 10.4 Å². The number of hydrogen-bond donors (Lipinski definition) is 2. The minimum atomic E-state index is -1.05. The van der Waals surface area contributed by atoms with Crippen LogP contribution in [0.2, 0.25) is 0 Å². The number of rotatable bonds is 5. The molecule has 3 aromatic rings. The van der Waals surface area contributed by atoms with Crippen LogP contribution in [0.4, 0.5) is 15.8 Å². The average Bonchev–Trinajstić information content (AvgIpc) is 3.15. The number of para-hydroxylation sites is 2. The highest BCUT2D eigenvalue weighted by molar-refractivity contribution is 8.00. The smallest absolute Gasteiger partial charge is 0.337 e. The molecule has 5 rings (SSSR count). The quantitative estimate of drug-likeness (QED) is 0.238. The number of carboxylic acids is 1. The summed E-state index contributed by atoms with van der Waals surface area (Å²) in [7, 11) is 0. The minimum absolute atomic E-state index is 0.00947. The zero-order valence-corrected chi connectivity index (χ0v) is 19.3. The number of alkyl halides is 1. The Morgan fingerprint density at radius 3 is 2.56 bits per heavy atom. The van der Waals surface area contributed by atoms with E-state index in [0.29, 0.717) is 17.0 Å². The molecule has 0 aromatic heterocycles. The summed E-state index contributed by atoms with van der Waals surface area (Å²) < 4.78 is 13.6. The Morgan fingerprint density at radius 1 is 1.12 bits per heavy atom. The molecule has 0 bridgehead atoms. The van der Waals surface area contributed by atoms with Crippen LogP contribution in [0.25, 0.3) is 0 Å². The summed E-state index contributed by atoms with van der Waals surface area (Å²) in [6.45, 7) is 0. The molecule has 2 aliphatic rings. The van der Waals surface area contributed by atoms with E-state index >= 15 is 0 Å². The summed E-state index contributed by atoms with van der Waals surface area (Å²) in [5.41, 5.74) is 2.37. The lowest BCUT2D eigenvalue weighted by atomic mass is 9.76. The molecule has 1 fully saturated rings. The summed E-state index contributed by atoms with van der Waals surface area (Å²) in [5, 5.41) is 24.2. The number of nitro benzene ring substituents is 1. The highest BCUT2D eigenvalue weighted by Gasteiger charge is 2.51. The van der Waals surface area contributed by atoms with Gasteiger partial charge in [-0.3, -0.25) is 10.1 Å². The zero-order chi connectivity index (χ0) is 24.0. The Morgan fingerprint density at radius 2 is 1.85 bits per heavy atom. The molecule has 5 atom stereocenters. The lowest BCUT2D eigenvalue weighted by molar-refractivity contribution is -0.387. The van der Waals surface area contributed by atoms with Gasteiger partial charge in [-0.25, -0.2) is 9.18 Å². The van der Waals surface area contributed by atoms with Crippen molar-refractivity contribution in [3.8, 4) is 0 Å². The van der Waals surface area contributed by atoms with Crippen LogP contribution in [-0.4, -0.2) is 26.6 Å². The molecule has 0 saturated heterocycles. The maximum absolute atomic E-state index is 13.6. The van der Waals surface area contributed by atoms with Gasteiger partial charge in [-0.05, 0) is 47.7 Å². The Balaban J connectivity index is 1.57. The van der Waals surface area contributed by atoms with Crippen LogP contribution in [0.3, 0.4) is 0 Å². The van der Waals surface area contributed by atoms with E-state index in [4.69, 9.17) is 11.6 Å². The molecule has 1 heterocycles. The lowest BCUT2D eigenvalue weighted by Crippen LogP contribution is -2.32. The number of benzene rings is 3. The van der Waals surface area contributed by atoms with Crippen molar-refractivity contribution in [1.29, 1.82) is 0 Å². The maximum atomic E-state index is 13.6. The number of nitro groups is 1. The predicted octanol–water partition coefficient (Wildman–Crippen LogP) is 6.47. The standard InChI is InChI=1S/C25H20ClFN2O4S/c26-22-20(34-19-7-2-1-6-18(19)29(32)33)12-17-21(22)15-4-3-5-16(25(30)31)24(15)28-23(17)13-8-10-14(27)11-9-13/h1-11,17,20-23,28H,12H2,(H,30,31)/t17-,20+,21+,22-,23+/m1/s1. The second-order valence-electron chi connectivity index (χ2n) is 8.50. The molecular weight excluding hydrogens is 479 g/mol. The van der Waals surface area contributed by atoms with Gasteiger partial charge in [-0.1, -0.05) is 36.4 Å². The Labute approximate surface area is 204 Å². The molecule has 174 valence electrons. The molecule has 3 aromatic carbocycles. The Hall–Kier alpha value is -3.10. The van der Waals surface area contributed by atoms with Crippen molar-refractivity contribution in [3.05, 3.63) is 99.4 Å². The van der Waals surface area contributed by atoms with E-state index in [0.717, 1.165) is 11.1 Å². The average molecular weight is 499 g/mol. The predicted molar refractivity (Wildman–Crippen MR) is 129 cm³/mol. The number of nitrogens with zero attached hydrogens (tertiary/aromatic N) is 1. The summed E-state index contributed by atoms with van der Waals surface area (Å²) in [6.07, 6.45) is 0.654. The number of aromatic carboxylic acids is 1. The summed E-state index contributed by atoms with van der Waals surface area (Å²) in [5.74, 6) is -1.58. The van der Waals surface area contributed by atoms with Crippen LogP contribution in [0.1, 0.15) is 39.9 Å². The van der Waals surface area contributed by atoms with Gasteiger partial charge in [0.2, 0.25) is 0 Å². The van der Waals surface area contributed by atoms with Gasteiger partial charge in [0.1, 0.15) is 5.82 Å². The van der Waals surface area contributed by atoms with Gasteiger partial charge in [-0.2, -0.15) is 0 Å². The maximum Gasteiger partial charge on any atom is 0.337 e. The molecule has 1 aliphatic heterocycles. The first-order valence-electron chi connectivity index (χ1n) is 10.8. The van der Waals surface area contributed by atoms with E-state index in [2.05, 4.69) is 5.32 Å². The van der Waals surface area contributed by atoms with Crippen LogP contribution in [-0.2, 0) is 0 Å². The normalized spacial score (nSPS) is 25.2. The molecule has 34 heavy (non-hydrogen) atoms. The molecule has 0 spiro atoms. The van der Waals surface area contributed by atoms with Crippen LogP contribution in [0, 0.1) is 21.8 Å². The van der Waals surface area contributed by atoms with Crippen LogP contribution < -0.4 is 5.32 Å². The summed E-state index contributed by atoms with van der Waals surface area (Å²) in [4.78, 5) is 23.6. The fourth-order valence-electron chi connectivity index (χ4n) is 5.19. The number of carboxylic acid groups (broad SMARTS) is 1. The van der Waals surface area contributed by atoms with Crippen LogP contribution in [0.15, 0.2) is 71.6 Å². The van der Waals surface area contributed by atoms with Crippen molar-refractivity contribution in [2.75, 3.05) is 5.32 Å². The van der Waals surface area contributed by atoms with Gasteiger partial charge in [0.15, 0.2) is 0 Å². The molecule has 0 radical (unpaired) electrons. The molecule has 1 saturated carbocycles. The van der Waals surface area contributed by atoms with Crippen LogP contribution in [0.5, 0.6) is 0 Å².